The fraction of sp³-hybridized carbons (Fsp3) is 0.333. The van der Waals surface area contributed by atoms with Crippen LogP contribution in [0.3, 0.4) is 0 Å². The summed E-state index contributed by atoms with van der Waals surface area (Å²) in [4.78, 5) is 4.45. The van der Waals surface area contributed by atoms with E-state index < -0.39 is 17.2 Å². The Morgan fingerprint density at radius 2 is 2.17 bits per heavy atom. The number of pyridine rings is 1. The zero-order chi connectivity index (χ0) is 21.8. The van der Waals surface area contributed by atoms with Crippen LogP contribution in [-0.2, 0) is 12.0 Å². The van der Waals surface area contributed by atoms with Crippen molar-refractivity contribution in [1.29, 1.82) is 0 Å². The predicted octanol–water partition coefficient (Wildman–Crippen LogP) is 4.02. The van der Waals surface area contributed by atoms with Crippen LogP contribution in [0.25, 0.3) is 11.1 Å². The third-order valence-electron chi connectivity index (χ3n) is 5.56. The number of aliphatic imine (C=N–C) groups is 1. The molecule has 3 N–H and O–H groups in total. The summed E-state index contributed by atoms with van der Waals surface area (Å²) in [6.07, 6.45) is 1.49. The van der Waals surface area contributed by atoms with E-state index >= 15 is 0 Å². The number of rotatable bonds is 4. The van der Waals surface area contributed by atoms with Gasteiger partial charge >= 0.3 is 0 Å². The van der Waals surface area contributed by atoms with E-state index in [1.54, 1.807) is 0 Å². The molecule has 0 fully saturated rings. The van der Waals surface area contributed by atoms with Crippen LogP contribution in [0.4, 0.5) is 8.78 Å². The highest BCUT2D eigenvalue weighted by atomic mass is 35.5. The number of nitrogens with zero attached hydrogens (tertiary/aromatic N) is 2. The number of aromatic nitrogens is 1. The summed E-state index contributed by atoms with van der Waals surface area (Å²) < 4.78 is 29.1. The number of aliphatic hydroxyl groups is 1. The first-order valence-electron chi connectivity index (χ1n) is 9.45. The largest absolute Gasteiger partial charge is 0.618 e. The molecule has 2 aliphatic rings. The Bertz CT molecular complexity index is 1110. The SMILES string of the molecule is CC(C)C1=CSC1N=C(N)C1(O)CCc2cc(-c3c(F)ccc(Cl)c3F)c[n+]([O-])c21. The molecule has 158 valence electrons. The second kappa shape index (κ2) is 7.51. The van der Waals surface area contributed by atoms with E-state index in [0.29, 0.717) is 22.6 Å². The summed E-state index contributed by atoms with van der Waals surface area (Å²) in [5.74, 6) is -1.52. The van der Waals surface area contributed by atoms with E-state index in [1.807, 2.05) is 19.3 Å². The van der Waals surface area contributed by atoms with Gasteiger partial charge in [0.2, 0.25) is 11.3 Å². The van der Waals surface area contributed by atoms with Gasteiger partial charge in [0.05, 0.1) is 16.1 Å². The quantitative estimate of drug-likeness (QED) is 0.242. The zero-order valence-corrected chi connectivity index (χ0v) is 17.9. The van der Waals surface area contributed by atoms with Crippen LogP contribution in [0.1, 0.15) is 31.5 Å². The van der Waals surface area contributed by atoms with Crippen molar-refractivity contribution < 1.29 is 18.6 Å². The van der Waals surface area contributed by atoms with Crippen LogP contribution >= 0.6 is 23.4 Å². The molecule has 1 aromatic heterocycles. The van der Waals surface area contributed by atoms with Crippen molar-refractivity contribution in [2.75, 3.05) is 0 Å². The maximum atomic E-state index is 14.4. The molecule has 1 aliphatic carbocycles. The summed E-state index contributed by atoms with van der Waals surface area (Å²) >= 11 is 7.27. The third-order valence-corrected chi connectivity index (χ3v) is 6.89. The molecule has 2 unspecified atom stereocenters. The molecule has 0 saturated carbocycles. The second-order valence-corrected chi connectivity index (χ2v) is 9.14. The topological polar surface area (TPSA) is 85.5 Å². The Morgan fingerprint density at radius 1 is 1.43 bits per heavy atom. The Hall–Kier alpha value is -2.16. The van der Waals surface area contributed by atoms with Crippen molar-refractivity contribution in [3.63, 3.8) is 0 Å². The molecule has 2 aromatic rings. The van der Waals surface area contributed by atoms with Gasteiger partial charge in [-0.15, -0.1) is 11.8 Å². The van der Waals surface area contributed by atoms with Crippen LogP contribution in [0.5, 0.6) is 0 Å². The van der Waals surface area contributed by atoms with Gasteiger partial charge < -0.3 is 16.0 Å². The Kier molecular flexibility index (Phi) is 5.28. The molecule has 0 spiro atoms. The lowest BCUT2D eigenvalue weighted by Gasteiger charge is -2.29. The Labute approximate surface area is 181 Å². The highest BCUT2D eigenvalue weighted by Gasteiger charge is 2.48. The van der Waals surface area contributed by atoms with Crippen LogP contribution in [0.2, 0.25) is 5.02 Å². The number of benzene rings is 1. The van der Waals surface area contributed by atoms with Crippen LogP contribution in [0.15, 0.2) is 40.4 Å². The summed E-state index contributed by atoms with van der Waals surface area (Å²) in [7, 11) is 0. The molecule has 0 bridgehead atoms. The number of nitrogens with two attached hydrogens (primary N) is 1. The third kappa shape index (κ3) is 3.27. The molecule has 4 rings (SSSR count). The molecule has 1 aliphatic heterocycles. The maximum absolute atomic E-state index is 14.4. The number of halogens is 3. The van der Waals surface area contributed by atoms with Crippen molar-refractivity contribution in [3.05, 3.63) is 68.5 Å². The Balaban J connectivity index is 1.75. The smallest absolute Gasteiger partial charge is 0.235 e. The standard InChI is InChI=1S/C21H20ClF2N3O2S/c1-10(2)13-9-30-19(13)26-20(25)21(28)6-5-11-7-12(8-27(29)18(11)21)16-15(23)4-3-14(22)17(16)24/h3-4,7-10,19,28H,5-6H2,1-2H3,(H2,25,26). The highest BCUT2D eigenvalue weighted by Crippen LogP contribution is 2.41. The lowest BCUT2D eigenvalue weighted by molar-refractivity contribution is -0.619. The van der Waals surface area contributed by atoms with Gasteiger partial charge in [-0.05, 0) is 47.9 Å². The van der Waals surface area contributed by atoms with Gasteiger partial charge in [-0.1, -0.05) is 25.4 Å². The van der Waals surface area contributed by atoms with Crippen molar-refractivity contribution in [2.24, 2.45) is 16.6 Å². The van der Waals surface area contributed by atoms with Crippen molar-refractivity contribution >= 4 is 29.2 Å². The number of hydrogen-bond donors (Lipinski definition) is 2. The molecule has 5 nitrogen and oxygen atoms in total. The minimum atomic E-state index is -1.74. The second-order valence-electron chi connectivity index (χ2n) is 7.78. The maximum Gasteiger partial charge on any atom is 0.235 e. The number of hydrogen-bond acceptors (Lipinski definition) is 4. The molecule has 9 heteroatoms. The Morgan fingerprint density at radius 3 is 2.80 bits per heavy atom. The van der Waals surface area contributed by atoms with E-state index in [1.165, 1.54) is 17.8 Å². The molecule has 0 radical (unpaired) electrons. The van der Waals surface area contributed by atoms with Crippen LogP contribution < -0.4 is 10.5 Å². The lowest BCUT2D eigenvalue weighted by Crippen LogP contribution is -2.48. The molecule has 1 aromatic carbocycles. The predicted molar refractivity (Wildman–Crippen MR) is 114 cm³/mol. The average Bonchev–Trinajstić information content (AvgIpc) is 3.00. The summed E-state index contributed by atoms with van der Waals surface area (Å²) in [5, 5.41) is 25.6. The van der Waals surface area contributed by atoms with Gasteiger partial charge in [0.1, 0.15) is 17.0 Å². The van der Waals surface area contributed by atoms with Gasteiger partial charge in [0.25, 0.3) is 0 Å². The first-order valence-corrected chi connectivity index (χ1v) is 10.8. The molecule has 0 amide bonds. The van der Waals surface area contributed by atoms with Gasteiger partial charge in [-0.3, -0.25) is 4.99 Å². The van der Waals surface area contributed by atoms with Crippen molar-refractivity contribution in [1.82, 2.24) is 0 Å². The fourth-order valence-corrected chi connectivity index (χ4v) is 5.13. The summed E-state index contributed by atoms with van der Waals surface area (Å²) in [6.45, 7) is 4.09. The number of amidine groups is 1. The van der Waals surface area contributed by atoms with E-state index in [4.69, 9.17) is 17.3 Å². The van der Waals surface area contributed by atoms with Crippen molar-refractivity contribution in [3.8, 4) is 11.1 Å². The first-order chi connectivity index (χ1) is 14.1. The van der Waals surface area contributed by atoms with Gasteiger partial charge in [-0.2, -0.15) is 4.73 Å². The molecule has 30 heavy (non-hydrogen) atoms. The van der Waals surface area contributed by atoms with E-state index in [9.17, 15) is 19.1 Å². The zero-order valence-electron chi connectivity index (χ0n) is 16.3. The fourth-order valence-electron chi connectivity index (χ4n) is 3.84. The molecule has 2 atom stereocenters. The summed E-state index contributed by atoms with van der Waals surface area (Å²) in [6, 6.07) is 3.65. The lowest BCUT2D eigenvalue weighted by atomic mass is 9.97. The minimum Gasteiger partial charge on any atom is -0.618 e. The van der Waals surface area contributed by atoms with Crippen LogP contribution in [-0.4, -0.2) is 16.3 Å². The van der Waals surface area contributed by atoms with Gasteiger partial charge in [0.15, 0.2) is 12.0 Å². The molecule has 0 saturated heterocycles. The van der Waals surface area contributed by atoms with Crippen LogP contribution in [0, 0.1) is 22.8 Å². The molecular weight excluding hydrogens is 432 g/mol. The van der Waals surface area contributed by atoms with Gasteiger partial charge in [0, 0.05) is 5.56 Å². The summed E-state index contributed by atoms with van der Waals surface area (Å²) in [5.41, 5.74) is 5.69. The van der Waals surface area contributed by atoms with Gasteiger partial charge in [-0.25, -0.2) is 8.78 Å². The highest BCUT2D eigenvalue weighted by molar-refractivity contribution is 8.04. The number of aryl methyl sites for hydroxylation is 1. The van der Waals surface area contributed by atoms with Crippen molar-refractivity contribution in [2.45, 2.75) is 37.7 Å². The van der Waals surface area contributed by atoms with E-state index in [2.05, 4.69) is 4.99 Å². The molecule has 2 heterocycles. The van der Waals surface area contributed by atoms with E-state index in [-0.39, 0.29) is 39.5 Å². The first kappa shape index (κ1) is 21.1. The molecular formula is C21H20ClF2N3O2S. The normalized spacial score (nSPS) is 23.4. The average molecular weight is 452 g/mol. The van der Waals surface area contributed by atoms with E-state index in [0.717, 1.165) is 23.9 Å². The number of thioether (sulfide) groups is 1. The monoisotopic (exact) mass is 451 g/mol. The minimum absolute atomic E-state index is 0.0368. The number of fused-ring (bicyclic) bond motifs is 1.